The Kier molecular flexibility index (Phi) is 5.29. The third-order valence-electron chi connectivity index (χ3n) is 4.70. The van der Waals surface area contributed by atoms with Crippen molar-refractivity contribution in [3.8, 4) is 0 Å². The predicted octanol–water partition coefficient (Wildman–Crippen LogP) is 5.65. The molecule has 1 fully saturated rings. The van der Waals surface area contributed by atoms with Crippen LogP contribution in [0.5, 0.6) is 0 Å². The van der Waals surface area contributed by atoms with Gasteiger partial charge in [0.05, 0.1) is 0 Å². The summed E-state index contributed by atoms with van der Waals surface area (Å²) in [5.41, 5.74) is 1.51. The molecular weight excluding hydrogens is 280 g/mol. The van der Waals surface area contributed by atoms with Gasteiger partial charge in [0, 0.05) is 11.6 Å². The van der Waals surface area contributed by atoms with Crippen molar-refractivity contribution in [1.82, 2.24) is 9.97 Å². The van der Waals surface area contributed by atoms with Crippen molar-refractivity contribution in [2.24, 2.45) is 17.3 Å². The third kappa shape index (κ3) is 4.67. The zero-order valence-corrected chi connectivity index (χ0v) is 14.9. The molecule has 0 N–H and O–H groups in total. The first-order chi connectivity index (χ1) is 9.75. The SMILES string of the molecule is CC(C)Cc1cc(Cl)nc(C2CCC(C(C)(C)C)CC2)n1. The summed E-state index contributed by atoms with van der Waals surface area (Å²) in [7, 11) is 0. The van der Waals surface area contributed by atoms with Crippen LogP contribution >= 0.6 is 11.6 Å². The van der Waals surface area contributed by atoms with Crippen LogP contribution in [-0.4, -0.2) is 9.97 Å². The average Bonchev–Trinajstić information content (AvgIpc) is 2.36. The fourth-order valence-electron chi connectivity index (χ4n) is 3.41. The molecule has 118 valence electrons. The molecule has 0 bridgehead atoms. The van der Waals surface area contributed by atoms with Gasteiger partial charge < -0.3 is 0 Å². The molecule has 0 amide bonds. The Labute approximate surface area is 134 Å². The molecule has 1 aliphatic rings. The molecule has 21 heavy (non-hydrogen) atoms. The molecule has 0 saturated heterocycles. The monoisotopic (exact) mass is 308 g/mol. The largest absolute Gasteiger partial charge is 0.238 e. The molecule has 2 nitrogen and oxygen atoms in total. The smallest absolute Gasteiger partial charge is 0.133 e. The lowest BCUT2D eigenvalue weighted by Crippen LogP contribution is -2.26. The van der Waals surface area contributed by atoms with Gasteiger partial charge in [0.15, 0.2) is 0 Å². The summed E-state index contributed by atoms with van der Waals surface area (Å²) >= 11 is 6.20. The van der Waals surface area contributed by atoms with E-state index < -0.39 is 0 Å². The number of aromatic nitrogens is 2. The molecule has 1 aromatic heterocycles. The summed E-state index contributed by atoms with van der Waals surface area (Å²) in [5.74, 6) is 2.89. The maximum Gasteiger partial charge on any atom is 0.133 e. The molecule has 1 aliphatic carbocycles. The van der Waals surface area contributed by atoms with Gasteiger partial charge in [-0.15, -0.1) is 0 Å². The molecule has 0 aliphatic heterocycles. The lowest BCUT2D eigenvalue weighted by molar-refractivity contribution is 0.167. The zero-order valence-electron chi connectivity index (χ0n) is 14.1. The van der Waals surface area contributed by atoms with Crippen molar-refractivity contribution < 1.29 is 0 Å². The van der Waals surface area contributed by atoms with E-state index >= 15 is 0 Å². The molecule has 0 spiro atoms. The highest BCUT2D eigenvalue weighted by atomic mass is 35.5. The Morgan fingerprint density at radius 1 is 1.14 bits per heavy atom. The average molecular weight is 309 g/mol. The first-order valence-corrected chi connectivity index (χ1v) is 8.67. The molecule has 1 heterocycles. The van der Waals surface area contributed by atoms with Crippen molar-refractivity contribution in [3.63, 3.8) is 0 Å². The van der Waals surface area contributed by atoms with Gasteiger partial charge in [-0.05, 0) is 55.4 Å². The molecule has 1 aromatic rings. The van der Waals surface area contributed by atoms with Gasteiger partial charge in [-0.2, -0.15) is 0 Å². The minimum Gasteiger partial charge on any atom is -0.238 e. The summed E-state index contributed by atoms with van der Waals surface area (Å²) in [4.78, 5) is 9.30. The molecule has 2 rings (SSSR count). The summed E-state index contributed by atoms with van der Waals surface area (Å²) in [6.07, 6.45) is 5.94. The van der Waals surface area contributed by atoms with Crippen LogP contribution in [0.3, 0.4) is 0 Å². The van der Waals surface area contributed by atoms with Gasteiger partial charge in [0.2, 0.25) is 0 Å². The maximum atomic E-state index is 6.20. The van der Waals surface area contributed by atoms with Crippen LogP contribution in [0.4, 0.5) is 0 Å². The maximum absolute atomic E-state index is 6.20. The van der Waals surface area contributed by atoms with Crippen LogP contribution < -0.4 is 0 Å². The van der Waals surface area contributed by atoms with E-state index in [1.165, 1.54) is 25.7 Å². The van der Waals surface area contributed by atoms with Crippen molar-refractivity contribution in [2.75, 3.05) is 0 Å². The zero-order chi connectivity index (χ0) is 15.6. The standard InChI is InChI=1S/C18H29ClN2/c1-12(2)10-15-11-16(19)21-17(20-15)13-6-8-14(9-7-13)18(3,4)5/h11-14H,6-10H2,1-5H3. The lowest BCUT2D eigenvalue weighted by atomic mass is 9.69. The second kappa shape index (κ2) is 6.64. The van der Waals surface area contributed by atoms with E-state index in [-0.39, 0.29) is 0 Å². The molecule has 0 radical (unpaired) electrons. The fraction of sp³-hybridized carbons (Fsp3) is 0.778. The fourth-order valence-corrected chi connectivity index (χ4v) is 3.62. The normalized spacial score (nSPS) is 23.6. The van der Waals surface area contributed by atoms with Gasteiger partial charge >= 0.3 is 0 Å². The van der Waals surface area contributed by atoms with Crippen molar-refractivity contribution in [3.05, 3.63) is 22.7 Å². The second-order valence-electron chi connectivity index (χ2n) is 8.05. The highest BCUT2D eigenvalue weighted by molar-refractivity contribution is 6.29. The second-order valence-corrected chi connectivity index (χ2v) is 8.44. The van der Waals surface area contributed by atoms with Gasteiger partial charge in [-0.1, -0.05) is 46.2 Å². The first kappa shape index (κ1) is 16.7. The molecular formula is C18H29ClN2. The molecule has 3 heteroatoms. The van der Waals surface area contributed by atoms with E-state index in [1.807, 2.05) is 6.07 Å². The van der Waals surface area contributed by atoms with Crippen molar-refractivity contribution in [1.29, 1.82) is 0 Å². The van der Waals surface area contributed by atoms with Gasteiger partial charge in [0.1, 0.15) is 11.0 Å². The Morgan fingerprint density at radius 3 is 2.29 bits per heavy atom. The topological polar surface area (TPSA) is 25.8 Å². The lowest BCUT2D eigenvalue weighted by Gasteiger charge is -2.36. The number of hydrogen-bond donors (Lipinski definition) is 0. The minimum absolute atomic E-state index is 0.420. The van der Waals surface area contributed by atoms with Crippen LogP contribution in [0.2, 0.25) is 5.15 Å². The Bertz CT molecular complexity index is 469. The first-order valence-electron chi connectivity index (χ1n) is 8.29. The van der Waals surface area contributed by atoms with Crippen LogP contribution in [0.15, 0.2) is 6.07 Å². The minimum atomic E-state index is 0.420. The van der Waals surface area contributed by atoms with Crippen LogP contribution in [-0.2, 0) is 6.42 Å². The quantitative estimate of drug-likeness (QED) is 0.674. The van der Waals surface area contributed by atoms with Gasteiger partial charge in [-0.25, -0.2) is 9.97 Å². The number of nitrogens with zero attached hydrogens (tertiary/aromatic N) is 2. The van der Waals surface area contributed by atoms with Crippen LogP contribution in [0, 0.1) is 17.3 Å². The summed E-state index contributed by atoms with van der Waals surface area (Å²) in [6, 6.07) is 1.92. The third-order valence-corrected chi connectivity index (χ3v) is 4.89. The Morgan fingerprint density at radius 2 is 1.76 bits per heavy atom. The molecule has 0 atom stereocenters. The Hall–Kier alpha value is -0.630. The highest BCUT2D eigenvalue weighted by Crippen LogP contribution is 2.42. The summed E-state index contributed by atoms with van der Waals surface area (Å²) < 4.78 is 0. The predicted molar refractivity (Wildman–Crippen MR) is 89.7 cm³/mol. The number of rotatable bonds is 3. The molecule has 0 unspecified atom stereocenters. The van der Waals surface area contributed by atoms with Crippen LogP contribution in [0.1, 0.15) is 77.7 Å². The molecule has 0 aromatic carbocycles. The highest BCUT2D eigenvalue weighted by Gasteiger charge is 2.31. The van der Waals surface area contributed by atoms with Crippen molar-refractivity contribution >= 4 is 11.6 Å². The van der Waals surface area contributed by atoms with Gasteiger partial charge in [0.25, 0.3) is 0 Å². The van der Waals surface area contributed by atoms with E-state index in [0.29, 0.717) is 22.4 Å². The van der Waals surface area contributed by atoms with E-state index in [4.69, 9.17) is 16.6 Å². The summed E-state index contributed by atoms with van der Waals surface area (Å²) in [5, 5.41) is 0.605. The van der Waals surface area contributed by atoms with Crippen molar-refractivity contribution in [2.45, 2.75) is 72.6 Å². The Balaban J connectivity index is 2.08. The number of hydrogen-bond acceptors (Lipinski definition) is 2. The number of halogens is 1. The summed E-state index contributed by atoms with van der Waals surface area (Å²) in [6.45, 7) is 11.5. The molecule has 1 saturated carbocycles. The van der Waals surface area contributed by atoms with E-state index in [2.05, 4.69) is 39.6 Å². The van der Waals surface area contributed by atoms with E-state index in [9.17, 15) is 0 Å². The van der Waals surface area contributed by atoms with E-state index in [0.717, 1.165) is 23.9 Å². The van der Waals surface area contributed by atoms with E-state index in [1.54, 1.807) is 0 Å². The van der Waals surface area contributed by atoms with Crippen LogP contribution in [0.25, 0.3) is 0 Å². The van der Waals surface area contributed by atoms with Gasteiger partial charge in [-0.3, -0.25) is 0 Å².